The molecule has 1 unspecified atom stereocenters. The maximum Gasteiger partial charge on any atom is 0.211 e. The first kappa shape index (κ1) is 12.9. The molecule has 0 aromatic heterocycles. The van der Waals surface area contributed by atoms with Crippen molar-refractivity contribution in [3.63, 3.8) is 0 Å². The van der Waals surface area contributed by atoms with Gasteiger partial charge in [0, 0.05) is 6.61 Å². The third kappa shape index (κ3) is 9.79. The fraction of sp³-hybridized carbons (Fsp3) is 1.00. The molecule has 0 aliphatic rings. The molecule has 0 amide bonds. The highest BCUT2D eigenvalue weighted by Crippen LogP contribution is 2.04. The summed E-state index contributed by atoms with van der Waals surface area (Å²) in [4.78, 5) is 0. The fourth-order valence-electron chi connectivity index (χ4n) is 1.04. The van der Waals surface area contributed by atoms with E-state index in [0.29, 0.717) is 12.5 Å². The summed E-state index contributed by atoms with van der Waals surface area (Å²) in [6, 6.07) is 0. The fourth-order valence-corrected chi connectivity index (χ4v) is 1.39. The maximum absolute atomic E-state index is 10.5. The molecule has 0 aromatic carbocycles. The van der Waals surface area contributed by atoms with Crippen LogP contribution in [0.5, 0.6) is 0 Å². The third-order valence-electron chi connectivity index (χ3n) is 1.70. The minimum Gasteiger partial charge on any atom is -0.380 e. The second-order valence-corrected chi connectivity index (χ2v) is 5.07. The van der Waals surface area contributed by atoms with Crippen LogP contribution in [0.1, 0.15) is 26.7 Å². The van der Waals surface area contributed by atoms with E-state index in [2.05, 4.69) is 13.8 Å². The van der Waals surface area contributed by atoms with Crippen molar-refractivity contribution in [1.29, 1.82) is 0 Å². The minimum absolute atomic E-state index is 0.0914. The number of ether oxygens (including phenoxy) is 1. The highest BCUT2D eigenvalue weighted by atomic mass is 32.2. The van der Waals surface area contributed by atoms with Crippen LogP contribution in [-0.2, 0) is 14.8 Å². The van der Waals surface area contributed by atoms with Gasteiger partial charge in [-0.3, -0.25) is 0 Å². The number of rotatable bonds is 7. The Labute approximate surface area is 80.5 Å². The van der Waals surface area contributed by atoms with Gasteiger partial charge in [-0.15, -0.1) is 0 Å². The molecule has 0 saturated heterocycles. The SMILES string of the molecule is CCCC(C)COCCS(N)(=O)=O. The molecule has 0 heterocycles. The summed E-state index contributed by atoms with van der Waals surface area (Å²) in [6.07, 6.45) is 2.23. The van der Waals surface area contributed by atoms with E-state index < -0.39 is 10.0 Å². The van der Waals surface area contributed by atoms with E-state index in [1.165, 1.54) is 0 Å². The first-order valence-electron chi connectivity index (χ1n) is 4.54. The molecule has 0 bridgehead atoms. The zero-order valence-electron chi connectivity index (χ0n) is 8.32. The number of nitrogens with two attached hydrogens (primary N) is 1. The summed E-state index contributed by atoms with van der Waals surface area (Å²) in [5.41, 5.74) is 0. The summed E-state index contributed by atoms with van der Waals surface area (Å²) in [5.74, 6) is 0.400. The van der Waals surface area contributed by atoms with Crippen molar-refractivity contribution >= 4 is 10.0 Å². The van der Waals surface area contributed by atoms with Gasteiger partial charge in [0.15, 0.2) is 0 Å². The highest BCUT2D eigenvalue weighted by Gasteiger charge is 2.04. The standard InChI is InChI=1S/C8H19NO3S/c1-3-4-8(2)7-12-5-6-13(9,10)11/h8H,3-7H2,1-2H3,(H2,9,10,11). The largest absolute Gasteiger partial charge is 0.380 e. The van der Waals surface area contributed by atoms with Crippen LogP contribution < -0.4 is 5.14 Å². The lowest BCUT2D eigenvalue weighted by Crippen LogP contribution is -2.21. The van der Waals surface area contributed by atoms with E-state index in [0.717, 1.165) is 12.8 Å². The third-order valence-corrected chi connectivity index (χ3v) is 2.43. The van der Waals surface area contributed by atoms with Crippen LogP contribution in [0.3, 0.4) is 0 Å². The molecular formula is C8H19NO3S. The van der Waals surface area contributed by atoms with Crippen molar-refractivity contribution < 1.29 is 13.2 Å². The van der Waals surface area contributed by atoms with Gasteiger partial charge in [-0.1, -0.05) is 20.3 Å². The average Bonchev–Trinajstić information content (AvgIpc) is 1.97. The van der Waals surface area contributed by atoms with Gasteiger partial charge in [0.2, 0.25) is 10.0 Å². The summed E-state index contributed by atoms with van der Waals surface area (Å²) >= 11 is 0. The second-order valence-electron chi connectivity index (χ2n) is 3.34. The molecule has 0 spiro atoms. The molecule has 5 heteroatoms. The van der Waals surface area contributed by atoms with Crippen molar-refractivity contribution in [2.24, 2.45) is 11.1 Å². The number of primary sulfonamides is 1. The lowest BCUT2D eigenvalue weighted by Gasteiger charge is -2.09. The molecule has 0 radical (unpaired) electrons. The molecule has 0 rings (SSSR count). The molecule has 4 nitrogen and oxygen atoms in total. The molecule has 0 fully saturated rings. The quantitative estimate of drug-likeness (QED) is 0.628. The summed E-state index contributed by atoms with van der Waals surface area (Å²) < 4.78 is 26.2. The Hall–Kier alpha value is -0.130. The minimum atomic E-state index is -3.36. The maximum atomic E-state index is 10.5. The first-order valence-corrected chi connectivity index (χ1v) is 6.25. The number of sulfonamides is 1. The lowest BCUT2D eigenvalue weighted by atomic mass is 10.1. The Morgan fingerprint density at radius 1 is 1.46 bits per heavy atom. The van der Waals surface area contributed by atoms with Gasteiger partial charge in [-0.2, -0.15) is 0 Å². The lowest BCUT2D eigenvalue weighted by molar-refractivity contribution is 0.114. The molecule has 13 heavy (non-hydrogen) atoms. The van der Waals surface area contributed by atoms with Gasteiger partial charge >= 0.3 is 0 Å². The zero-order chi connectivity index (χ0) is 10.3. The van der Waals surface area contributed by atoms with Crippen LogP contribution >= 0.6 is 0 Å². The zero-order valence-corrected chi connectivity index (χ0v) is 9.14. The Balaban J connectivity index is 3.36. The topological polar surface area (TPSA) is 69.4 Å². The van der Waals surface area contributed by atoms with E-state index in [9.17, 15) is 8.42 Å². The molecule has 1 atom stereocenters. The molecule has 0 aliphatic heterocycles. The van der Waals surface area contributed by atoms with Crippen molar-refractivity contribution in [3.8, 4) is 0 Å². The van der Waals surface area contributed by atoms with E-state index in [-0.39, 0.29) is 12.4 Å². The van der Waals surface area contributed by atoms with Gasteiger partial charge in [-0.05, 0) is 12.3 Å². The van der Waals surface area contributed by atoms with Crippen LogP contribution in [0.4, 0.5) is 0 Å². The van der Waals surface area contributed by atoms with Crippen LogP contribution in [0, 0.1) is 5.92 Å². The van der Waals surface area contributed by atoms with Crippen LogP contribution in [0.2, 0.25) is 0 Å². The van der Waals surface area contributed by atoms with Crippen LogP contribution in [0.25, 0.3) is 0 Å². The summed E-state index contributed by atoms with van der Waals surface area (Å²) in [7, 11) is -3.36. The van der Waals surface area contributed by atoms with Crippen molar-refractivity contribution in [3.05, 3.63) is 0 Å². The van der Waals surface area contributed by atoms with Crippen molar-refractivity contribution in [1.82, 2.24) is 0 Å². The molecule has 80 valence electrons. The van der Waals surface area contributed by atoms with E-state index >= 15 is 0 Å². The van der Waals surface area contributed by atoms with Crippen molar-refractivity contribution in [2.75, 3.05) is 19.0 Å². The summed E-state index contributed by atoms with van der Waals surface area (Å²) in [5, 5.41) is 4.80. The van der Waals surface area contributed by atoms with Gasteiger partial charge in [0.05, 0.1) is 12.4 Å². The van der Waals surface area contributed by atoms with Gasteiger partial charge in [0.25, 0.3) is 0 Å². The van der Waals surface area contributed by atoms with Crippen molar-refractivity contribution in [2.45, 2.75) is 26.7 Å². The van der Waals surface area contributed by atoms with E-state index in [4.69, 9.17) is 9.88 Å². The Kier molecular flexibility index (Phi) is 6.28. The smallest absolute Gasteiger partial charge is 0.211 e. The second kappa shape index (κ2) is 6.34. The predicted octanol–water partition coefficient (Wildman–Crippen LogP) is 0.728. The highest BCUT2D eigenvalue weighted by molar-refractivity contribution is 7.89. The molecule has 0 saturated carbocycles. The van der Waals surface area contributed by atoms with Gasteiger partial charge in [0.1, 0.15) is 0 Å². The monoisotopic (exact) mass is 209 g/mol. The van der Waals surface area contributed by atoms with Crippen LogP contribution in [-0.4, -0.2) is 27.4 Å². The molecule has 2 N–H and O–H groups in total. The summed E-state index contributed by atoms with van der Waals surface area (Å²) in [6.45, 7) is 5.01. The van der Waals surface area contributed by atoms with E-state index in [1.54, 1.807) is 0 Å². The average molecular weight is 209 g/mol. The van der Waals surface area contributed by atoms with Gasteiger partial charge in [-0.25, -0.2) is 13.6 Å². The van der Waals surface area contributed by atoms with Gasteiger partial charge < -0.3 is 4.74 Å². The number of hydrogen-bond donors (Lipinski definition) is 1. The molecule has 0 aliphatic carbocycles. The Bertz CT molecular complexity index is 213. The van der Waals surface area contributed by atoms with E-state index in [1.807, 2.05) is 0 Å². The number of hydrogen-bond acceptors (Lipinski definition) is 3. The Morgan fingerprint density at radius 2 is 2.08 bits per heavy atom. The Morgan fingerprint density at radius 3 is 2.54 bits per heavy atom. The first-order chi connectivity index (χ1) is 5.95. The van der Waals surface area contributed by atoms with Crippen LogP contribution in [0.15, 0.2) is 0 Å². The molecular weight excluding hydrogens is 190 g/mol. The molecule has 0 aromatic rings. The predicted molar refractivity (Wildman–Crippen MR) is 52.9 cm³/mol. The normalized spacial score (nSPS) is 14.4.